The molecule has 0 radical (unpaired) electrons. The summed E-state index contributed by atoms with van der Waals surface area (Å²) < 4.78 is 5.29. The molecule has 0 aliphatic heterocycles. The number of anilines is 1. The zero-order chi connectivity index (χ0) is 25.5. The average molecular weight is 494 g/mol. The number of nitrogens with one attached hydrogen (secondary N) is 1. The Morgan fingerprint density at radius 2 is 1.69 bits per heavy atom. The quantitative estimate of drug-likeness (QED) is 0.267. The Hall–Kier alpha value is -4.08. The van der Waals surface area contributed by atoms with Gasteiger partial charge in [0.25, 0.3) is 0 Å². The van der Waals surface area contributed by atoms with Crippen LogP contribution in [0.5, 0.6) is 5.75 Å². The molecule has 0 fully saturated rings. The van der Waals surface area contributed by atoms with Crippen LogP contribution in [0.4, 0.5) is 5.69 Å². The number of hydrogen-bond donors (Lipinski definition) is 1. The molecule has 1 amide bonds. The summed E-state index contributed by atoms with van der Waals surface area (Å²) >= 11 is 1.42. The van der Waals surface area contributed by atoms with E-state index >= 15 is 0 Å². The van der Waals surface area contributed by atoms with Gasteiger partial charge in [-0.25, -0.2) is 4.98 Å². The van der Waals surface area contributed by atoms with Crippen LogP contribution >= 0.6 is 11.8 Å². The number of ether oxygens (including phenoxy) is 1. The smallest absolute Gasteiger partial charge is 0.225 e. The maximum absolute atomic E-state index is 12.5. The maximum atomic E-state index is 12.5. The van der Waals surface area contributed by atoms with Crippen LogP contribution in [0, 0.1) is 25.2 Å². The summed E-state index contributed by atoms with van der Waals surface area (Å²) in [5.74, 6) is 1.19. The summed E-state index contributed by atoms with van der Waals surface area (Å²) in [4.78, 5) is 17.3. The Bertz CT molecular complexity index is 1410. The van der Waals surface area contributed by atoms with Crippen LogP contribution in [0.2, 0.25) is 0 Å². The fourth-order valence-corrected chi connectivity index (χ4v) is 4.73. The number of rotatable bonds is 8. The van der Waals surface area contributed by atoms with Crippen LogP contribution < -0.4 is 10.1 Å². The van der Waals surface area contributed by atoms with Gasteiger partial charge >= 0.3 is 0 Å². The highest BCUT2D eigenvalue weighted by atomic mass is 32.2. The SMILES string of the molecule is COc1ccc(-c2cc(-c3ccc(C)cc3)c(C#N)c(SCCC(=O)Nc3cccc(C)c3)n2)cc1. The molecule has 1 heterocycles. The average Bonchev–Trinajstić information content (AvgIpc) is 2.89. The molecule has 6 heteroatoms. The molecule has 0 saturated heterocycles. The van der Waals surface area contributed by atoms with Crippen molar-refractivity contribution in [2.75, 3.05) is 18.2 Å². The molecule has 36 heavy (non-hydrogen) atoms. The molecule has 0 saturated carbocycles. The zero-order valence-corrected chi connectivity index (χ0v) is 21.4. The van der Waals surface area contributed by atoms with E-state index in [-0.39, 0.29) is 5.91 Å². The van der Waals surface area contributed by atoms with Crippen LogP contribution in [0.15, 0.2) is 83.9 Å². The van der Waals surface area contributed by atoms with Gasteiger partial charge in [0.15, 0.2) is 0 Å². The molecule has 3 aromatic carbocycles. The molecule has 0 atom stereocenters. The number of carbonyl (C=O) groups excluding carboxylic acids is 1. The number of thioether (sulfide) groups is 1. The minimum Gasteiger partial charge on any atom is -0.497 e. The van der Waals surface area contributed by atoms with Crippen molar-refractivity contribution in [3.8, 4) is 34.2 Å². The number of methoxy groups -OCH3 is 1. The number of pyridine rings is 1. The number of aryl methyl sites for hydroxylation is 2. The van der Waals surface area contributed by atoms with E-state index in [0.29, 0.717) is 22.8 Å². The first-order valence-corrected chi connectivity index (χ1v) is 12.6. The van der Waals surface area contributed by atoms with Crippen molar-refractivity contribution >= 4 is 23.4 Å². The van der Waals surface area contributed by atoms with E-state index in [9.17, 15) is 10.1 Å². The van der Waals surface area contributed by atoms with E-state index in [2.05, 4.69) is 11.4 Å². The third-order valence-corrected chi connectivity index (χ3v) is 6.69. The van der Waals surface area contributed by atoms with E-state index in [1.54, 1.807) is 7.11 Å². The lowest BCUT2D eigenvalue weighted by Gasteiger charge is -2.13. The number of nitrogens with zero attached hydrogens (tertiary/aromatic N) is 2. The van der Waals surface area contributed by atoms with Crippen LogP contribution in [-0.2, 0) is 4.79 Å². The number of carbonyl (C=O) groups is 1. The van der Waals surface area contributed by atoms with Gasteiger partial charge in [-0.3, -0.25) is 4.79 Å². The predicted octanol–water partition coefficient (Wildman–Crippen LogP) is 7.03. The van der Waals surface area contributed by atoms with Gasteiger partial charge in [0.1, 0.15) is 16.8 Å². The van der Waals surface area contributed by atoms with E-state index in [4.69, 9.17) is 9.72 Å². The maximum Gasteiger partial charge on any atom is 0.225 e. The predicted molar refractivity (Wildman–Crippen MR) is 146 cm³/mol. The number of aromatic nitrogens is 1. The van der Waals surface area contributed by atoms with Gasteiger partial charge in [0.2, 0.25) is 5.91 Å². The largest absolute Gasteiger partial charge is 0.497 e. The van der Waals surface area contributed by atoms with E-state index < -0.39 is 0 Å². The summed E-state index contributed by atoms with van der Waals surface area (Å²) in [6.45, 7) is 4.02. The molecule has 0 unspecified atom stereocenters. The van der Waals surface area contributed by atoms with Gasteiger partial charge in [-0.1, -0.05) is 42.0 Å². The van der Waals surface area contributed by atoms with Gasteiger partial charge in [0.05, 0.1) is 18.4 Å². The summed E-state index contributed by atoms with van der Waals surface area (Å²) in [5, 5.41) is 13.6. The molecular formula is C30H27N3O2S. The summed E-state index contributed by atoms with van der Waals surface area (Å²) in [7, 11) is 1.63. The van der Waals surface area contributed by atoms with Crippen LogP contribution in [0.3, 0.4) is 0 Å². The third kappa shape index (κ3) is 6.12. The molecule has 4 rings (SSSR count). The lowest BCUT2D eigenvalue weighted by molar-refractivity contribution is -0.115. The fourth-order valence-electron chi connectivity index (χ4n) is 3.79. The molecular weight excluding hydrogens is 466 g/mol. The zero-order valence-electron chi connectivity index (χ0n) is 20.5. The lowest BCUT2D eigenvalue weighted by atomic mass is 9.98. The highest BCUT2D eigenvalue weighted by Gasteiger charge is 2.16. The second kappa shape index (κ2) is 11.6. The lowest BCUT2D eigenvalue weighted by Crippen LogP contribution is -2.12. The molecule has 0 bridgehead atoms. The summed E-state index contributed by atoms with van der Waals surface area (Å²) in [6, 6.07) is 27.8. The Labute approximate surface area is 216 Å². The minimum absolute atomic E-state index is 0.0725. The van der Waals surface area contributed by atoms with Crippen LogP contribution in [0.25, 0.3) is 22.4 Å². The van der Waals surface area contributed by atoms with Crippen molar-refractivity contribution in [2.24, 2.45) is 0 Å². The monoisotopic (exact) mass is 493 g/mol. The number of amides is 1. The van der Waals surface area contributed by atoms with Crippen molar-refractivity contribution in [1.82, 2.24) is 4.98 Å². The van der Waals surface area contributed by atoms with Crippen molar-refractivity contribution in [2.45, 2.75) is 25.3 Å². The van der Waals surface area contributed by atoms with Gasteiger partial charge in [0, 0.05) is 29.0 Å². The topological polar surface area (TPSA) is 75.0 Å². The molecule has 5 nitrogen and oxygen atoms in total. The number of hydrogen-bond acceptors (Lipinski definition) is 5. The third-order valence-electron chi connectivity index (χ3n) is 5.72. The van der Waals surface area contributed by atoms with Crippen LogP contribution in [0.1, 0.15) is 23.1 Å². The summed E-state index contributed by atoms with van der Waals surface area (Å²) in [6.07, 6.45) is 0.303. The highest BCUT2D eigenvalue weighted by molar-refractivity contribution is 7.99. The van der Waals surface area contributed by atoms with Crippen LogP contribution in [-0.4, -0.2) is 23.8 Å². The van der Waals surface area contributed by atoms with Gasteiger partial charge in [-0.05, 0) is 67.4 Å². The van der Waals surface area contributed by atoms with Crippen molar-refractivity contribution in [1.29, 1.82) is 5.26 Å². The second-order valence-corrected chi connectivity index (χ2v) is 9.54. The van der Waals surface area contributed by atoms with E-state index in [0.717, 1.165) is 44.9 Å². The Morgan fingerprint density at radius 3 is 2.36 bits per heavy atom. The first-order chi connectivity index (χ1) is 17.5. The van der Waals surface area contributed by atoms with Gasteiger partial charge < -0.3 is 10.1 Å². The molecule has 1 aromatic heterocycles. The fraction of sp³-hybridized carbons (Fsp3) is 0.167. The van der Waals surface area contributed by atoms with Gasteiger partial charge in [-0.2, -0.15) is 5.26 Å². The Morgan fingerprint density at radius 1 is 0.972 bits per heavy atom. The standard InChI is InChI=1S/C30H27N3O2S/c1-20-7-9-22(10-8-20)26-18-28(23-11-13-25(35-3)14-12-23)33-30(27(26)19-31)36-16-15-29(34)32-24-6-4-5-21(2)17-24/h4-14,17-18H,15-16H2,1-3H3,(H,32,34). The Kier molecular flexibility index (Phi) is 8.04. The van der Waals surface area contributed by atoms with Crippen molar-refractivity contribution in [3.05, 3.63) is 95.6 Å². The molecule has 180 valence electrons. The van der Waals surface area contributed by atoms with Crippen molar-refractivity contribution < 1.29 is 9.53 Å². The van der Waals surface area contributed by atoms with Gasteiger partial charge in [-0.15, -0.1) is 11.8 Å². The first-order valence-electron chi connectivity index (χ1n) is 11.6. The second-order valence-electron chi connectivity index (χ2n) is 8.46. The number of benzene rings is 3. The van der Waals surface area contributed by atoms with Crippen molar-refractivity contribution in [3.63, 3.8) is 0 Å². The normalized spacial score (nSPS) is 10.5. The van der Waals surface area contributed by atoms with E-state index in [1.165, 1.54) is 11.8 Å². The van der Waals surface area contributed by atoms with E-state index in [1.807, 2.05) is 92.7 Å². The molecule has 0 aliphatic carbocycles. The molecule has 1 N–H and O–H groups in total. The first kappa shape index (κ1) is 25.0. The molecule has 0 spiro atoms. The number of nitriles is 1. The summed E-state index contributed by atoms with van der Waals surface area (Å²) in [5.41, 5.74) is 6.99. The minimum atomic E-state index is -0.0725. The Balaban J connectivity index is 1.62. The molecule has 0 aliphatic rings. The molecule has 4 aromatic rings. The highest BCUT2D eigenvalue weighted by Crippen LogP contribution is 2.35.